The Morgan fingerprint density at radius 1 is 0.619 bits per heavy atom. The van der Waals surface area contributed by atoms with Crippen molar-refractivity contribution in [2.24, 2.45) is 5.92 Å². The minimum absolute atomic E-state index is 0.181. The molecular weight excluding hydrogens is 532 g/mol. The van der Waals surface area contributed by atoms with Gasteiger partial charge in [-0.05, 0) is 41.0 Å². The number of hydrogen-bond donors (Lipinski definition) is 1. The van der Waals surface area contributed by atoms with Crippen molar-refractivity contribution in [1.82, 2.24) is 0 Å². The van der Waals surface area contributed by atoms with Crippen LogP contribution in [0, 0.1) is 5.92 Å². The minimum atomic E-state index is -0.818. The second-order valence-corrected chi connectivity index (χ2v) is 10.2. The van der Waals surface area contributed by atoms with E-state index in [2.05, 4.69) is 0 Å². The third kappa shape index (κ3) is 8.18. The lowest BCUT2D eigenvalue weighted by Gasteiger charge is -2.45. The number of aliphatic hydroxyl groups excluding tert-OH is 1. The maximum absolute atomic E-state index is 10.8. The molecule has 1 N–H and O–H groups in total. The Morgan fingerprint density at radius 3 is 1.64 bits per heavy atom. The van der Waals surface area contributed by atoms with E-state index in [0.717, 1.165) is 22.4 Å². The summed E-state index contributed by atoms with van der Waals surface area (Å²) < 4.78 is 37.3. The Balaban J connectivity index is 1.39. The zero-order valence-corrected chi connectivity index (χ0v) is 23.8. The van der Waals surface area contributed by atoms with Crippen LogP contribution in [0.4, 0.5) is 0 Å². The van der Waals surface area contributed by atoms with E-state index in [1.807, 2.05) is 115 Å². The topological polar surface area (TPSA) is 75.6 Å². The Bertz CT molecular complexity index is 1300. The lowest BCUT2D eigenvalue weighted by Crippen LogP contribution is -2.60. The molecule has 7 heteroatoms. The predicted octanol–water partition coefficient (Wildman–Crippen LogP) is 5.80. The summed E-state index contributed by atoms with van der Waals surface area (Å²) in [7, 11) is 1.62. The largest absolute Gasteiger partial charge is 0.497 e. The molecule has 4 aromatic carbocycles. The molecule has 1 heterocycles. The second-order valence-electron chi connectivity index (χ2n) is 10.2. The number of hydrogen-bond acceptors (Lipinski definition) is 7. The first-order valence-electron chi connectivity index (χ1n) is 14.2. The van der Waals surface area contributed by atoms with E-state index in [9.17, 15) is 5.11 Å². The van der Waals surface area contributed by atoms with Crippen LogP contribution in [0.25, 0.3) is 0 Å². The van der Waals surface area contributed by atoms with Crippen molar-refractivity contribution in [2.45, 2.75) is 44.4 Å². The lowest BCUT2D eigenvalue weighted by molar-refractivity contribution is -0.292. The van der Waals surface area contributed by atoms with Crippen LogP contribution >= 0.6 is 0 Å². The van der Waals surface area contributed by atoms with Crippen LogP contribution in [0.2, 0.25) is 0 Å². The van der Waals surface area contributed by atoms with Crippen LogP contribution in [0.15, 0.2) is 115 Å². The molecule has 0 bridgehead atoms. The third-order valence-electron chi connectivity index (χ3n) is 7.27. The summed E-state index contributed by atoms with van der Waals surface area (Å²) in [5.41, 5.74) is 3.09. The summed E-state index contributed by atoms with van der Waals surface area (Å²) in [5.74, 6) is 0.872. The van der Waals surface area contributed by atoms with Gasteiger partial charge < -0.3 is 33.5 Å². The minimum Gasteiger partial charge on any atom is -0.497 e. The van der Waals surface area contributed by atoms with Gasteiger partial charge in [-0.2, -0.15) is 0 Å². The van der Waals surface area contributed by atoms with Crippen LogP contribution in [0.5, 0.6) is 11.5 Å². The highest BCUT2D eigenvalue weighted by Gasteiger charge is 2.48. The fraction of sp³-hybridized carbons (Fsp3) is 0.314. The molecule has 0 spiro atoms. The van der Waals surface area contributed by atoms with Crippen molar-refractivity contribution in [2.75, 3.05) is 20.3 Å². The maximum Gasteiger partial charge on any atom is 0.227 e. The predicted molar refractivity (Wildman–Crippen MR) is 159 cm³/mol. The molecule has 1 aliphatic heterocycles. The summed E-state index contributed by atoms with van der Waals surface area (Å²) in [5, 5.41) is 10.8. The number of rotatable bonds is 14. The fourth-order valence-electron chi connectivity index (χ4n) is 5.05. The molecule has 5 rings (SSSR count). The summed E-state index contributed by atoms with van der Waals surface area (Å²) in [6.07, 6.45) is -2.47. The van der Waals surface area contributed by atoms with Gasteiger partial charge in [0.25, 0.3) is 0 Å². The standard InChI is InChI=1S/C35H38O7/c1-37-29-17-19-30(20-18-29)41-35-34(40-24-28-15-9-4-10-16-28)31(21-36)33(39-23-27-13-7-3-8-14-27)32(42-35)25-38-22-26-11-5-2-6-12-26/h2-20,31-36H,21-25H2,1H3/t31-,32+,33+,34+,35+/m0/s1. The maximum atomic E-state index is 10.8. The van der Waals surface area contributed by atoms with Gasteiger partial charge in [0.05, 0.1) is 46.2 Å². The van der Waals surface area contributed by atoms with Crippen molar-refractivity contribution >= 4 is 0 Å². The van der Waals surface area contributed by atoms with Gasteiger partial charge in [-0.3, -0.25) is 0 Å². The normalized spacial score (nSPS) is 22.0. The quantitative estimate of drug-likeness (QED) is 0.206. The number of benzene rings is 4. The Labute approximate surface area is 247 Å². The highest BCUT2D eigenvalue weighted by molar-refractivity contribution is 5.31. The zero-order chi connectivity index (χ0) is 29.0. The van der Waals surface area contributed by atoms with Gasteiger partial charge in [0, 0.05) is 5.92 Å². The number of aliphatic hydroxyl groups is 1. The average molecular weight is 571 g/mol. The van der Waals surface area contributed by atoms with E-state index in [1.165, 1.54) is 0 Å². The molecule has 5 atom stereocenters. The van der Waals surface area contributed by atoms with Crippen LogP contribution in [-0.4, -0.2) is 50.0 Å². The number of methoxy groups -OCH3 is 1. The lowest BCUT2D eigenvalue weighted by atomic mass is 9.89. The van der Waals surface area contributed by atoms with Crippen LogP contribution in [-0.2, 0) is 38.8 Å². The van der Waals surface area contributed by atoms with E-state index in [4.69, 9.17) is 28.4 Å². The highest BCUT2D eigenvalue weighted by atomic mass is 16.7. The first kappa shape index (κ1) is 29.8. The molecule has 1 fully saturated rings. The summed E-state index contributed by atoms with van der Waals surface area (Å²) >= 11 is 0. The Morgan fingerprint density at radius 2 is 1.12 bits per heavy atom. The van der Waals surface area contributed by atoms with E-state index in [0.29, 0.717) is 25.6 Å². The van der Waals surface area contributed by atoms with Gasteiger partial charge in [0.1, 0.15) is 23.7 Å². The fourth-order valence-corrected chi connectivity index (χ4v) is 5.05. The zero-order valence-electron chi connectivity index (χ0n) is 23.8. The molecule has 0 aliphatic carbocycles. The van der Waals surface area contributed by atoms with Crippen LogP contribution in [0.1, 0.15) is 16.7 Å². The molecule has 0 radical (unpaired) electrons. The first-order valence-corrected chi connectivity index (χ1v) is 14.2. The molecule has 0 aromatic heterocycles. The van der Waals surface area contributed by atoms with Gasteiger partial charge in [0.2, 0.25) is 6.29 Å². The molecule has 0 amide bonds. The molecule has 7 nitrogen and oxygen atoms in total. The Kier molecular flexibility index (Phi) is 11.0. The van der Waals surface area contributed by atoms with Crippen molar-refractivity contribution < 1.29 is 33.5 Å². The summed E-state index contributed by atoms with van der Waals surface area (Å²) in [6.45, 7) is 1.18. The van der Waals surface area contributed by atoms with Crippen LogP contribution < -0.4 is 9.47 Å². The van der Waals surface area contributed by atoms with Gasteiger partial charge in [-0.25, -0.2) is 0 Å². The molecular formula is C35H38O7. The van der Waals surface area contributed by atoms with Crippen molar-refractivity contribution in [3.63, 3.8) is 0 Å². The molecule has 0 saturated carbocycles. The van der Waals surface area contributed by atoms with Gasteiger partial charge in [-0.15, -0.1) is 0 Å². The molecule has 42 heavy (non-hydrogen) atoms. The molecule has 1 saturated heterocycles. The summed E-state index contributed by atoms with van der Waals surface area (Å²) in [4.78, 5) is 0. The second kappa shape index (κ2) is 15.5. The van der Waals surface area contributed by atoms with Crippen LogP contribution in [0.3, 0.4) is 0 Å². The smallest absolute Gasteiger partial charge is 0.227 e. The molecule has 4 aromatic rings. The number of ether oxygens (including phenoxy) is 6. The van der Waals surface area contributed by atoms with Gasteiger partial charge >= 0.3 is 0 Å². The van der Waals surface area contributed by atoms with Gasteiger partial charge in [0.15, 0.2) is 0 Å². The summed E-state index contributed by atoms with van der Waals surface area (Å²) in [6, 6.07) is 37.1. The Hall–Kier alpha value is -3.72. The van der Waals surface area contributed by atoms with Crippen molar-refractivity contribution in [1.29, 1.82) is 0 Å². The average Bonchev–Trinajstić information content (AvgIpc) is 3.05. The third-order valence-corrected chi connectivity index (χ3v) is 7.27. The first-order chi connectivity index (χ1) is 20.7. The van der Waals surface area contributed by atoms with E-state index in [-0.39, 0.29) is 13.2 Å². The van der Waals surface area contributed by atoms with Crippen molar-refractivity contribution in [3.8, 4) is 11.5 Å². The van der Waals surface area contributed by atoms with E-state index in [1.54, 1.807) is 7.11 Å². The van der Waals surface area contributed by atoms with Crippen molar-refractivity contribution in [3.05, 3.63) is 132 Å². The monoisotopic (exact) mass is 570 g/mol. The molecule has 220 valence electrons. The molecule has 0 unspecified atom stereocenters. The molecule has 1 aliphatic rings. The SMILES string of the molecule is COc1ccc(O[C@@H]2O[C@H](COCc3ccccc3)[C@H](OCc3ccccc3)[C@H](CO)[C@H]2OCc2ccccc2)cc1. The highest BCUT2D eigenvalue weighted by Crippen LogP contribution is 2.34. The van der Waals surface area contributed by atoms with E-state index >= 15 is 0 Å². The van der Waals surface area contributed by atoms with E-state index < -0.39 is 30.5 Å². The van der Waals surface area contributed by atoms with Gasteiger partial charge in [-0.1, -0.05) is 91.0 Å².